The quantitative estimate of drug-likeness (QED) is 0.789. The molecule has 1 aromatic carbocycles. The molecule has 1 heterocycles. The van der Waals surface area contributed by atoms with Gasteiger partial charge in [-0.3, -0.25) is 0 Å². The van der Waals surface area contributed by atoms with E-state index in [1.54, 1.807) is 0 Å². The molecular weight excluding hydrogens is 284 g/mol. The molecule has 0 atom stereocenters. The van der Waals surface area contributed by atoms with Gasteiger partial charge in [-0.1, -0.05) is 30.7 Å². The number of aryl methyl sites for hydroxylation is 2. The summed E-state index contributed by atoms with van der Waals surface area (Å²) in [5.41, 5.74) is 3.19. The second-order valence-corrected chi connectivity index (χ2v) is 5.48. The van der Waals surface area contributed by atoms with Crippen molar-refractivity contribution in [1.29, 1.82) is 0 Å². The van der Waals surface area contributed by atoms with E-state index in [0.717, 1.165) is 30.8 Å². The van der Waals surface area contributed by atoms with Crippen LogP contribution in [0.3, 0.4) is 0 Å². The summed E-state index contributed by atoms with van der Waals surface area (Å²) in [5.74, 6) is 1.26. The molecule has 0 aliphatic carbocycles. The van der Waals surface area contributed by atoms with Gasteiger partial charge in [-0.25, -0.2) is 4.98 Å². The van der Waals surface area contributed by atoms with Gasteiger partial charge in [0, 0.05) is 17.8 Å². The number of para-hydroxylation sites is 1. The van der Waals surface area contributed by atoms with Crippen molar-refractivity contribution in [2.45, 2.75) is 33.7 Å². The van der Waals surface area contributed by atoms with Crippen LogP contribution >= 0.6 is 11.6 Å². The number of hydrogen-bond donors (Lipinski definition) is 1. The molecule has 0 saturated carbocycles. The Kier molecular flexibility index (Phi) is 5.59. The van der Waals surface area contributed by atoms with Gasteiger partial charge in [0.25, 0.3) is 0 Å². The third kappa shape index (κ3) is 4.19. The van der Waals surface area contributed by atoms with Crippen molar-refractivity contribution >= 4 is 11.6 Å². The molecule has 0 unspecified atom stereocenters. The summed E-state index contributed by atoms with van der Waals surface area (Å²) in [6.07, 6.45) is 1.10. The summed E-state index contributed by atoms with van der Waals surface area (Å²) >= 11 is 6.16. The lowest BCUT2D eigenvalue weighted by Crippen LogP contribution is -2.16. The van der Waals surface area contributed by atoms with Crippen LogP contribution in [0.1, 0.15) is 30.2 Å². The van der Waals surface area contributed by atoms with Gasteiger partial charge >= 0.3 is 0 Å². The Morgan fingerprint density at radius 2 is 2.00 bits per heavy atom. The molecule has 0 spiro atoms. The summed E-state index contributed by atoms with van der Waals surface area (Å²) in [5, 5.41) is 3.99. The van der Waals surface area contributed by atoms with Crippen LogP contribution in [0.4, 0.5) is 0 Å². The van der Waals surface area contributed by atoms with E-state index >= 15 is 0 Å². The maximum atomic E-state index is 6.16. The second kappa shape index (κ2) is 7.43. The maximum Gasteiger partial charge on any atom is 0.224 e. The second-order valence-electron chi connectivity index (χ2n) is 5.07. The van der Waals surface area contributed by atoms with E-state index in [9.17, 15) is 0 Å². The zero-order chi connectivity index (χ0) is 15.2. The molecule has 0 fully saturated rings. The number of nitrogens with zero attached hydrogens (tertiary/aromatic N) is 1. The fourth-order valence-electron chi connectivity index (χ4n) is 2.15. The van der Waals surface area contributed by atoms with Crippen LogP contribution in [0.15, 0.2) is 30.3 Å². The normalized spacial score (nSPS) is 10.7. The standard InChI is InChI=1S/C17H21ClN2O/c1-4-9-19-11-14-12(2)10-13(3)20-17(14)21-16-8-6-5-7-15(16)18/h5-8,10,19H,4,9,11H2,1-3H3. The SMILES string of the molecule is CCCNCc1c(C)cc(C)nc1Oc1ccccc1Cl. The highest BCUT2D eigenvalue weighted by atomic mass is 35.5. The Morgan fingerprint density at radius 3 is 2.71 bits per heavy atom. The molecule has 0 saturated heterocycles. The topological polar surface area (TPSA) is 34.2 Å². The molecule has 0 aliphatic rings. The molecule has 0 bridgehead atoms. The van der Waals surface area contributed by atoms with Crippen LogP contribution in [0.25, 0.3) is 0 Å². The highest BCUT2D eigenvalue weighted by Crippen LogP contribution is 2.31. The summed E-state index contributed by atoms with van der Waals surface area (Å²) in [4.78, 5) is 4.53. The summed E-state index contributed by atoms with van der Waals surface area (Å²) in [7, 11) is 0. The largest absolute Gasteiger partial charge is 0.437 e. The zero-order valence-corrected chi connectivity index (χ0v) is 13.5. The Hall–Kier alpha value is -1.58. The Morgan fingerprint density at radius 1 is 1.24 bits per heavy atom. The van der Waals surface area contributed by atoms with Crippen LogP contribution in [0.2, 0.25) is 5.02 Å². The minimum Gasteiger partial charge on any atom is -0.437 e. The molecule has 2 aromatic rings. The number of halogens is 1. The zero-order valence-electron chi connectivity index (χ0n) is 12.7. The number of ether oxygens (including phenoxy) is 1. The van der Waals surface area contributed by atoms with Crippen LogP contribution in [-0.4, -0.2) is 11.5 Å². The molecule has 2 rings (SSSR count). The predicted octanol–water partition coefficient (Wildman–Crippen LogP) is 4.64. The molecule has 1 N–H and O–H groups in total. The van der Waals surface area contributed by atoms with Crippen molar-refractivity contribution < 1.29 is 4.74 Å². The van der Waals surface area contributed by atoms with Crippen molar-refractivity contribution in [3.8, 4) is 11.6 Å². The summed E-state index contributed by atoms with van der Waals surface area (Å²) in [6.45, 7) is 7.91. The van der Waals surface area contributed by atoms with Gasteiger partial charge in [-0.15, -0.1) is 0 Å². The molecule has 1 aromatic heterocycles. The van der Waals surface area contributed by atoms with Crippen LogP contribution in [0, 0.1) is 13.8 Å². The number of aromatic nitrogens is 1. The number of pyridine rings is 1. The lowest BCUT2D eigenvalue weighted by atomic mass is 10.1. The molecule has 0 amide bonds. The van der Waals surface area contributed by atoms with Crippen molar-refractivity contribution in [1.82, 2.24) is 10.3 Å². The van der Waals surface area contributed by atoms with E-state index in [0.29, 0.717) is 16.7 Å². The number of benzene rings is 1. The first-order valence-electron chi connectivity index (χ1n) is 7.22. The third-order valence-electron chi connectivity index (χ3n) is 3.21. The Labute approximate surface area is 131 Å². The molecule has 21 heavy (non-hydrogen) atoms. The van der Waals surface area contributed by atoms with E-state index in [-0.39, 0.29) is 0 Å². The van der Waals surface area contributed by atoms with Gasteiger partial charge in [0.05, 0.1) is 5.02 Å². The minimum absolute atomic E-state index is 0.589. The number of rotatable bonds is 6. The van der Waals surface area contributed by atoms with Crippen molar-refractivity contribution in [3.63, 3.8) is 0 Å². The summed E-state index contributed by atoms with van der Waals surface area (Å²) < 4.78 is 5.95. The lowest BCUT2D eigenvalue weighted by Gasteiger charge is -2.15. The molecule has 0 radical (unpaired) electrons. The first-order chi connectivity index (χ1) is 10.1. The van der Waals surface area contributed by atoms with Gasteiger partial charge in [-0.05, 0) is 50.6 Å². The van der Waals surface area contributed by atoms with Crippen LogP contribution in [0.5, 0.6) is 11.6 Å². The highest BCUT2D eigenvalue weighted by molar-refractivity contribution is 6.32. The highest BCUT2D eigenvalue weighted by Gasteiger charge is 2.12. The van der Waals surface area contributed by atoms with E-state index in [1.807, 2.05) is 31.2 Å². The molecule has 112 valence electrons. The Balaban J connectivity index is 2.30. The third-order valence-corrected chi connectivity index (χ3v) is 3.52. The van der Waals surface area contributed by atoms with Crippen molar-refractivity contribution in [3.05, 3.63) is 52.2 Å². The number of hydrogen-bond acceptors (Lipinski definition) is 3. The van der Waals surface area contributed by atoms with E-state index in [2.05, 4.69) is 30.2 Å². The first kappa shape index (κ1) is 15.8. The average Bonchev–Trinajstić information content (AvgIpc) is 2.44. The fourth-order valence-corrected chi connectivity index (χ4v) is 2.32. The minimum atomic E-state index is 0.589. The van der Waals surface area contributed by atoms with Crippen molar-refractivity contribution in [2.75, 3.05) is 6.54 Å². The molecule has 3 nitrogen and oxygen atoms in total. The number of nitrogens with one attached hydrogen (secondary N) is 1. The summed E-state index contributed by atoms with van der Waals surface area (Å²) in [6, 6.07) is 9.52. The molecule has 4 heteroatoms. The molecule has 0 aliphatic heterocycles. The van der Waals surface area contributed by atoms with E-state index < -0.39 is 0 Å². The maximum absolute atomic E-state index is 6.16. The Bertz CT molecular complexity index is 614. The van der Waals surface area contributed by atoms with E-state index in [4.69, 9.17) is 16.3 Å². The molecular formula is C17H21ClN2O. The predicted molar refractivity (Wildman–Crippen MR) is 87.2 cm³/mol. The van der Waals surface area contributed by atoms with Gasteiger partial charge in [0.2, 0.25) is 5.88 Å². The van der Waals surface area contributed by atoms with Gasteiger partial charge < -0.3 is 10.1 Å². The van der Waals surface area contributed by atoms with Crippen LogP contribution in [-0.2, 0) is 6.54 Å². The monoisotopic (exact) mass is 304 g/mol. The van der Waals surface area contributed by atoms with E-state index in [1.165, 1.54) is 5.56 Å². The fraction of sp³-hybridized carbons (Fsp3) is 0.353. The van der Waals surface area contributed by atoms with Gasteiger partial charge in [0.15, 0.2) is 0 Å². The van der Waals surface area contributed by atoms with Gasteiger partial charge in [0.1, 0.15) is 5.75 Å². The average molecular weight is 305 g/mol. The van der Waals surface area contributed by atoms with Crippen molar-refractivity contribution in [2.24, 2.45) is 0 Å². The van der Waals surface area contributed by atoms with Crippen LogP contribution < -0.4 is 10.1 Å². The first-order valence-corrected chi connectivity index (χ1v) is 7.59. The lowest BCUT2D eigenvalue weighted by molar-refractivity contribution is 0.451. The smallest absolute Gasteiger partial charge is 0.224 e. The van der Waals surface area contributed by atoms with Gasteiger partial charge in [-0.2, -0.15) is 0 Å².